The van der Waals surface area contributed by atoms with Crippen LogP contribution < -0.4 is 19.5 Å². The Bertz CT molecular complexity index is 1070. The Hall–Kier alpha value is -3.06. The van der Waals surface area contributed by atoms with Gasteiger partial charge in [-0.15, -0.1) is 0 Å². The lowest BCUT2D eigenvalue weighted by Crippen LogP contribution is -2.16. The highest BCUT2D eigenvalue weighted by molar-refractivity contribution is 7.22. The highest BCUT2D eigenvalue weighted by atomic mass is 32.1. The van der Waals surface area contributed by atoms with E-state index in [1.165, 1.54) is 23.0 Å². The number of fused-ring (bicyclic) bond motifs is 2. The number of carbonyl (C=O) groups is 1. The number of ether oxygens (including phenoxy) is 3. The zero-order chi connectivity index (χ0) is 19.7. The molecule has 144 valence electrons. The molecule has 4 rings (SSSR count). The largest absolute Gasteiger partial charge is 0.493 e. The summed E-state index contributed by atoms with van der Waals surface area (Å²) in [6, 6.07) is 7.79. The molecule has 2 aromatic carbocycles. The minimum absolute atomic E-state index is 0.248. The van der Waals surface area contributed by atoms with Crippen molar-refractivity contribution in [2.75, 3.05) is 25.6 Å². The van der Waals surface area contributed by atoms with Gasteiger partial charge in [0, 0.05) is 6.08 Å². The summed E-state index contributed by atoms with van der Waals surface area (Å²) in [6.45, 7) is 5.05. The summed E-state index contributed by atoms with van der Waals surface area (Å²) >= 11 is 1.47. The molecule has 1 aromatic heterocycles. The number of rotatable bonds is 4. The number of carbonyl (C=O) groups excluding carboxylic acids is 1. The third-order valence-electron chi connectivity index (χ3n) is 4.34. The molecule has 0 fully saturated rings. The van der Waals surface area contributed by atoms with E-state index in [1.807, 2.05) is 13.0 Å². The van der Waals surface area contributed by atoms with Crippen molar-refractivity contribution >= 4 is 38.7 Å². The first-order chi connectivity index (χ1) is 13.5. The second kappa shape index (κ2) is 7.52. The van der Waals surface area contributed by atoms with Gasteiger partial charge in [-0.25, -0.2) is 4.98 Å². The van der Waals surface area contributed by atoms with E-state index in [0.717, 1.165) is 21.3 Å². The van der Waals surface area contributed by atoms with Crippen LogP contribution in [0.5, 0.6) is 17.2 Å². The summed E-state index contributed by atoms with van der Waals surface area (Å²) in [4.78, 5) is 16.9. The van der Waals surface area contributed by atoms with Gasteiger partial charge < -0.3 is 14.2 Å². The van der Waals surface area contributed by atoms with Gasteiger partial charge in [0.2, 0.25) is 11.7 Å². The Morgan fingerprint density at radius 2 is 2.04 bits per heavy atom. The Labute approximate surface area is 166 Å². The highest BCUT2D eigenvalue weighted by Crippen LogP contribution is 2.40. The number of anilines is 1. The number of thiazole rings is 1. The summed E-state index contributed by atoms with van der Waals surface area (Å²) in [5.41, 5.74) is 3.99. The maximum atomic E-state index is 12.3. The molecule has 0 unspecified atom stereocenters. The molecule has 7 heteroatoms. The lowest BCUT2D eigenvalue weighted by molar-refractivity contribution is -0.111. The standard InChI is InChI=1S/C21H20N2O4S/c1-12-8-13(2)19-17(9-12)28-21(23-19)22-18(24)5-4-14-10-15(25-3)20-16(11-14)26-6-7-27-20/h4-5,8-11H,6-7H2,1-3H3,(H,22,23,24)/b5-4+. The third-order valence-corrected chi connectivity index (χ3v) is 5.26. The molecule has 28 heavy (non-hydrogen) atoms. The number of aryl methyl sites for hydroxylation is 2. The molecular formula is C21H20N2O4S. The van der Waals surface area contributed by atoms with Crippen LogP contribution in [0.3, 0.4) is 0 Å². The molecule has 0 bridgehead atoms. The van der Waals surface area contributed by atoms with Crippen molar-refractivity contribution in [3.8, 4) is 17.2 Å². The highest BCUT2D eigenvalue weighted by Gasteiger charge is 2.18. The summed E-state index contributed by atoms with van der Waals surface area (Å²) in [5.74, 6) is 1.54. The molecule has 0 aliphatic carbocycles. The number of methoxy groups -OCH3 is 1. The molecule has 6 nitrogen and oxygen atoms in total. The van der Waals surface area contributed by atoms with Crippen LogP contribution in [0, 0.1) is 13.8 Å². The maximum absolute atomic E-state index is 12.3. The number of hydrogen-bond acceptors (Lipinski definition) is 6. The van der Waals surface area contributed by atoms with E-state index in [4.69, 9.17) is 14.2 Å². The molecule has 0 saturated heterocycles. The van der Waals surface area contributed by atoms with Gasteiger partial charge >= 0.3 is 0 Å². The first-order valence-electron chi connectivity index (χ1n) is 8.88. The predicted octanol–water partition coefficient (Wildman–Crippen LogP) is 4.34. The SMILES string of the molecule is COc1cc(/C=C/C(=O)Nc2nc3c(C)cc(C)cc3s2)cc2c1OCCO2. The summed E-state index contributed by atoms with van der Waals surface area (Å²) in [7, 11) is 1.57. The zero-order valence-corrected chi connectivity index (χ0v) is 16.7. The average Bonchev–Trinajstić information content (AvgIpc) is 3.08. The molecule has 2 heterocycles. The van der Waals surface area contributed by atoms with Crippen LogP contribution in [0.25, 0.3) is 16.3 Å². The molecule has 1 aliphatic heterocycles. The van der Waals surface area contributed by atoms with Gasteiger partial charge in [-0.05, 0) is 54.8 Å². The van der Waals surface area contributed by atoms with Crippen LogP contribution in [0.1, 0.15) is 16.7 Å². The van der Waals surface area contributed by atoms with Crippen molar-refractivity contribution in [2.24, 2.45) is 0 Å². The number of hydrogen-bond donors (Lipinski definition) is 1. The molecule has 1 aliphatic rings. The van der Waals surface area contributed by atoms with Crippen molar-refractivity contribution in [3.63, 3.8) is 0 Å². The zero-order valence-electron chi connectivity index (χ0n) is 15.9. The van der Waals surface area contributed by atoms with E-state index in [-0.39, 0.29) is 5.91 Å². The lowest BCUT2D eigenvalue weighted by atomic mass is 10.1. The second-order valence-corrected chi connectivity index (χ2v) is 7.55. The van der Waals surface area contributed by atoms with Gasteiger partial charge in [0.15, 0.2) is 16.6 Å². The summed E-state index contributed by atoms with van der Waals surface area (Å²) < 4.78 is 17.6. The minimum atomic E-state index is -0.248. The fraction of sp³-hybridized carbons (Fsp3) is 0.238. The molecule has 0 radical (unpaired) electrons. The molecular weight excluding hydrogens is 376 g/mol. The van der Waals surface area contributed by atoms with Gasteiger partial charge in [-0.1, -0.05) is 17.4 Å². The Balaban J connectivity index is 1.52. The fourth-order valence-electron chi connectivity index (χ4n) is 3.13. The molecule has 0 saturated carbocycles. The first-order valence-corrected chi connectivity index (χ1v) is 9.69. The number of nitrogens with one attached hydrogen (secondary N) is 1. The van der Waals surface area contributed by atoms with E-state index in [9.17, 15) is 4.79 Å². The van der Waals surface area contributed by atoms with Crippen molar-refractivity contribution in [3.05, 3.63) is 47.0 Å². The van der Waals surface area contributed by atoms with Crippen molar-refractivity contribution in [1.82, 2.24) is 4.98 Å². The van der Waals surface area contributed by atoms with E-state index in [2.05, 4.69) is 29.4 Å². The minimum Gasteiger partial charge on any atom is -0.493 e. The van der Waals surface area contributed by atoms with Crippen LogP contribution in [-0.4, -0.2) is 31.2 Å². The van der Waals surface area contributed by atoms with E-state index in [0.29, 0.717) is 35.6 Å². The Morgan fingerprint density at radius 1 is 1.21 bits per heavy atom. The molecule has 0 spiro atoms. The average molecular weight is 396 g/mol. The predicted molar refractivity (Wildman–Crippen MR) is 111 cm³/mol. The maximum Gasteiger partial charge on any atom is 0.250 e. The molecule has 1 N–H and O–H groups in total. The van der Waals surface area contributed by atoms with Gasteiger partial charge in [0.25, 0.3) is 0 Å². The smallest absolute Gasteiger partial charge is 0.250 e. The van der Waals surface area contributed by atoms with Crippen molar-refractivity contribution in [1.29, 1.82) is 0 Å². The number of benzene rings is 2. The monoisotopic (exact) mass is 396 g/mol. The Kier molecular flexibility index (Phi) is 4.92. The molecule has 1 amide bonds. The number of nitrogens with zero attached hydrogens (tertiary/aromatic N) is 1. The third kappa shape index (κ3) is 3.66. The summed E-state index contributed by atoms with van der Waals surface area (Å²) in [6.07, 6.45) is 3.17. The van der Waals surface area contributed by atoms with E-state index >= 15 is 0 Å². The topological polar surface area (TPSA) is 69.7 Å². The fourth-order valence-corrected chi connectivity index (χ4v) is 4.18. The van der Waals surface area contributed by atoms with E-state index in [1.54, 1.807) is 19.3 Å². The Morgan fingerprint density at radius 3 is 2.86 bits per heavy atom. The van der Waals surface area contributed by atoms with Gasteiger partial charge in [0.05, 0.1) is 17.3 Å². The molecule has 0 atom stereocenters. The van der Waals surface area contributed by atoms with Gasteiger partial charge in [-0.2, -0.15) is 0 Å². The number of aromatic nitrogens is 1. The molecule has 3 aromatic rings. The summed E-state index contributed by atoms with van der Waals surface area (Å²) in [5, 5.41) is 3.42. The van der Waals surface area contributed by atoms with Crippen LogP contribution in [0.4, 0.5) is 5.13 Å². The van der Waals surface area contributed by atoms with Gasteiger partial charge in [0.1, 0.15) is 13.2 Å². The van der Waals surface area contributed by atoms with Crippen molar-refractivity contribution in [2.45, 2.75) is 13.8 Å². The normalized spacial score (nSPS) is 13.1. The van der Waals surface area contributed by atoms with Crippen LogP contribution in [0.2, 0.25) is 0 Å². The first kappa shape index (κ1) is 18.3. The van der Waals surface area contributed by atoms with Gasteiger partial charge in [-0.3, -0.25) is 10.1 Å². The second-order valence-electron chi connectivity index (χ2n) is 6.52. The quantitative estimate of drug-likeness (QED) is 0.664. The van der Waals surface area contributed by atoms with Crippen LogP contribution in [-0.2, 0) is 4.79 Å². The number of amides is 1. The van der Waals surface area contributed by atoms with Crippen LogP contribution >= 0.6 is 11.3 Å². The van der Waals surface area contributed by atoms with Crippen molar-refractivity contribution < 1.29 is 19.0 Å². The van der Waals surface area contributed by atoms with E-state index < -0.39 is 0 Å². The van der Waals surface area contributed by atoms with Crippen LogP contribution in [0.15, 0.2) is 30.3 Å². The lowest BCUT2D eigenvalue weighted by Gasteiger charge is -2.20.